The number of aromatic nitrogens is 1. The Labute approximate surface area is 184 Å². The average Bonchev–Trinajstić information content (AvgIpc) is 3.08. The molecule has 3 aromatic rings. The van der Waals surface area contributed by atoms with E-state index in [-0.39, 0.29) is 18.4 Å². The molecule has 2 aromatic carbocycles. The van der Waals surface area contributed by atoms with Crippen molar-refractivity contribution in [2.45, 2.75) is 44.6 Å². The van der Waals surface area contributed by atoms with E-state index in [0.717, 1.165) is 34.4 Å². The molecule has 7 heteroatoms. The summed E-state index contributed by atoms with van der Waals surface area (Å²) in [5.74, 6) is -0.663. The van der Waals surface area contributed by atoms with E-state index in [2.05, 4.69) is 24.0 Å². The van der Waals surface area contributed by atoms with Gasteiger partial charge in [0.1, 0.15) is 6.54 Å². The summed E-state index contributed by atoms with van der Waals surface area (Å²) in [5.41, 5.74) is 2.66. The third-order valence-electron chi connectivity index (χ3n) is 4.69. The molecule has 3 rings (SSSR count). The maximum absolute atomic E-state index is 12.8. The van der Waals surface area contributed by atoms with Gasteiger partial charge in [0.15, 0.2) is 4.80 Å². The Morgan fingerprint density at radius 1 is 1.13 bits per heavy atom. The second kappa shape index (κ2) is 10.6. The van der Waals surface area contributed by atoms with E-state index in [1.165, 1.54) is 16.9 Å². The number of amides is 1. The first-order valence-corrected chi connectivity index (χ1v) is 12.1. The second-order valence-corrected chi connectivity index (χ2v) is 8.72. The van der Waals surface area contributed by atoms with Gasteiger partial charge in [-0.1, -0.05) is 30.7 Å². The van der Waals surface area contributed by atoms with Crippen LogP contribution in [0, 0.1) is 0 Å². The molecule has 0 aliphatic rings. The lowest BCUT2D eigenvalue weighted by atomic mass is 10.1. The number of thiazole rings is 1. The molecular weight excluding hydrogens is 416 g/mol. The number of hydrogen-bond acceptors (Lipinski definition) is 5. The fraction of sp³-hybridized carbons (Fsp3) is 0.348. The smallest absolute Gasteiger partial charge is 0.326 e. The molecular formula is C23H26N2O3S2. The molecule has 0 saturated heterocycles. The van der Waals surface area contributed by atoms with Crippen molar-refractivity contribution in [2.75, 3.05) is 12.9 Å². The third-order valence-corrected chi connectivity index (χ3v) is 6.48. The molecule has 0 atom stereocenters. The molecule has 0 bridgehead atoms. The Hall–Kier alpha value is -2.38. The van der Waals surface area contributed by atoms with Crippen molar-refractivity contribution in [2.24, 2.45) is 4.99 Å². The van der Waals surface area contributed by atoms with Crippen molar-refractivity contribution >= 4 is 45.2 Å². The number of aryl methyl sites for hydroxylation is 1. The number of hydrogen-bond donors (Lipinski definition) is 0. The summed E-state index contributed by atoms with van der Waals surface area (Å²) in [6.07, 6.45) is 5.26. The molecule has 1 heterocycles. The third kappa shape index (κ3) is 5.40. The van der Waals surface area contributed by atoms with Crippen LogP contribution in [0.5, 0.6) is 0 Å². The Balaban J connectivity index is 2.03. The Morgan fingerprint density at radius 3 is 2.57 bits per heavy atom. The zero-order valence-electron chi connectivity index (χ0n) is 17.5. The Kier molecular flexibility index (Phi) is 7.87. The predicted octanol–water partition coefficient (Wildman–Crippen LogP) is 5.07. The molecule has 30 heavy (non-hydrogen) atoms. The van der Waals surface area contributed by atoms with Gasteiger partial charge in [-0.15, -0.1) is 11.8 Å². The molecule has 0 aliphatic heterocycles. The molecule has 0 spiro atoms. The van der Waals surface area contributed by atoms with Gasteiger partial charge in [0, 0.05) is 10.5 Å². The molecule has 0 aliphatic carbocycles. The van der Waals surface area contributed by atoms with E-state index in [1.54, 1.807) is 35.4 Å². The van der Waals surface area contributed by atoms with Gasteiger partial charge in [0.25, 0.3) is 5.91 Å². The van der Waals surface area contributed by atoms with Gasteiger partial charge in [0.05, 0.1) is 16.8 Å². The minimum atomic E-state index is -0.342. The van der Waals surface area contributed by atoms with Crippen LogP contribution in [-0.2, 0) is 22.5 Å². The first kappa shape index (κ1) is 22.3. The lowest BCUT2D eigenvalue weighted by Gasteiger charge is -2.06. The van der Waals surface area contributed by atoms with Crippen LogP contribution in [0.2, 0.25) is 0 Å². The number of carbonyl (C=O) groups is 2. The minimum Gasteiger partial charge on any atom is -0.465 e. The molecule has 0 fully saturated rings. The molecule has 0 radical (unpaired) electrons. The Morgan fingerprint density at radius 2 is 1.90 bits per heavy atom. The van der Waals surface area contributed by atoms with E-state index < -0.39 is 0 Å². The van der Waals surface area contributed by atoms with E-state index in [1.807, 2.05) is 24.5 Å². The summed E-state index contributed by atoms with van der Waals surface area (Å²) in [5, 5.41) is 0. The summed E-state index contributed by atoms with van der Waals surface area (Å²) in [6.45, 7) is 4.29. The number of nitrogens with zero attached hydrogens (tertiary/aromatic N) is 2. The van der Waals surface area contributed by atoms with Crippen LogP contribution in [0.25, 0.3) is 10.2 Å². The van der Waals surface area contributed by atoms with Crippen molar-refractivity contribution in [1.82, 2.24) is 4.57 Å². The highest BCUT2D eigenvalue weighted by Gasteiger charge is 2.13. The number of benzene rings is 2. The summed E-state index contributed by atoms with van der Waals surface area (Å²) < 4.78 is 7.91. The topological polar surface area (TPSA) is 60.7 Å². The van der Waals surface area contributed by atoms with E-state index in [9.17, 15) is 9.59 Å². The standard InChI is InChI=1S/C23H26N2O3S2/c1-4-6-7-16-8-13-19-20(14-16)30-23(25(19)15-21(26)28-5-2)24-22(27)17-9-11-18(29-3)12-10-17/h8-14H,4-7,15H2,1-3H3. The maximum atomic E-state index is 12.8. The van der Waals surface area contributed by atoms with Crippen LogP contribution in [0.15, 0.2) is 52.4 Å². The van der Waals surface area contributed by atoms with Gasteiger partial charge in [-0.2, -0.15) is 4.99 Å². The lowest BCUT2D eigenvalue weighted by molar-refractivity contribution is -0.143. The fourth-order valence-corrected chi connectivity index (χ4v) is 4.61. The van der Waals surface area contributed by atoms with Gasteiger partial charge in [0.2, 0.25) is 0 Å². The van der Waals surface area contributed by atoms with Crippen molar-refractivity contribution < 1.29 is 14.3 Å². The summed E-state index contributed by atoms with van der Waals surface area (Å²) in [7, 11) is 0. The monoisotopic (exact) mass is 442 g/mol. The van der Waals surface area contributed by atoms with Crippen molar-refractivity contribution in [1.29, 1.82) is 0 Å². The number of thioether (sulfide) groups is 1. The van der Waals surface area contributed by atoms with E-state index >= 15 is 0 Å². The second-order valence-electron chi connectivity index (χ2n) is 6.83. The van der Waals surface area contributed by atoms with E-state index in [0.29, 0.717) is 17.0 Å². The normalized spacial score (nSPS) is 11.8. The number of esters is 1. The van der Waals surface area contributed by atoms with Crippen LogP contribution in [0.4, 0.5) is 0 Å². The number of carbonyl (C=O) groups excluding carboxylic acids is 2. The van der Waals surface area contributed by atoms with Crippen LogP contribution < -0.4 is 4.80 Å². The van der Waals surface area contributed by atoms with Crippen LogP contribution in [0.1, 0.15) is 42.6 Å². The first-order valence-electron chi connectivity index (χ1n) is 10.1. The summed E-state index contributed by atoms with van der Waals surface area (Å²) in [4.78, 5) is 30.9. The van der Waals surface area contributed by atoms with Crippen molar-refractivity contribution in [3.8, 4) is 0 Å². The summed E-state index contributed by atoms with van der Waals surface area (Å²) in [6, 6.07) is 13.6. The van der Waals surface area contributed by atoms with Crippen LogP contribution >= 0.6 is 23.1 Å². The van der Waals surface area contributed by atoms with Gasteiger partial charge in [-0.3, -0.25) is 9.59 Å². The molecule has 1 amide bonds. The molecule has 1 aromatic heterocycles. The van der Waals surface area contributed by atoms with Gasteiger partial charge >= 0.3 is 5.97 Å². The summed E-state index contributed by atoms with van der Waals surface area (Å²) >= 11 is 3.05. The van der Waals surface area contributed by atoms with E-state index in [4.69, 9.17) is 4.74 Å². The highest BCUT2D eigenvalue weighted by atomic mass is 32.2. The molecule has 0 saturated carbocycles. The number of fused-ring (bicyclic) bond motifs is 1. The molecule has 0 N–H and O–H groups in total. The molecule has 5 nitrogen and oxygen atoms in total. The predicted molar refractivity (Wildman–Crippen MR) is 123 cm³/mol. The quantitative estimate of drug-likeness (QED) is 0.361. The van der Waals surface area contributed by atoms with Gasteiger partial charge in [-0.05, 0) is 68.0 Å². The number of ether oxygens (including phenoxy) is 1. The molecule has 0 unspecified atom stereocenters. The largest absolute Gasteiger partial charge is 0.465 e. The fourth-order valence-electron chi connectivity index (χ4n) is 3.11. The maximum Gasteiger partial charge on any atom is 0.326 e. The number of rotatable bonds is 8. The van der Waals surface area contributed by atoms with Crippen LogP contribution in [-0.4, -0.2) is 29.3 Å². The minimum absolute atomic E-state index is 0.0275. The van der Waals surface area contributed by atoms with Gasteiger partial charge in [-0.25, -0.2) is 0 Å². The van der Waals surface area contributed by atoms with Gasteiger partial charge < -0.3 is 9.30 Å². The van der Waals surface area contributed by atoms with Crippen molar-refractivity contribution in [3.05, 3.63) is 58.4 Å². The van der Waals surface area contributed by atoms with Crippen LogP contribution in [0.3, 0.4) is 0 Å². The zero-order valence-corrected chi connectivity index (χ0v) is 19.1. The average molecular weight is 443 g/mol. The van der Waals surface area contributed by atoms with Crippen molar-refractivity contribution in [3.63, 3.8) is 0 Å². The first-order chi connectivity index (χ1) is 14.5. The lowest BCUT2D eigenvalue weighted by Crippen LogP contribution is -2.23. The SMILES string of the molecule is CCCCc1ccc2c(c1)sc(=NC(=O)c1ccc(SC)cc1)n2CC(=O)OCC. The zero-order chi connectivity index (χ0) is 21.5. The Bertz CT molecular complexity index is 1100. The number of unbranched alkanes of at least 4 members (excludes halogenated alkanes) is 1. The highest BCUT2D eigenvalue weighted by molar-refractivity contribution is 7.98. The highest BCUT2D eigenvalue weighted by Crippen LogP contribution is 2.21. The molecule has 158 valence electrons.